The van der Waals surface area contributed by atoms with Gasteiger partial charge in [0.1, 0.15) is 5.82 Å². The summed E-state index contributed by atoms with van der Waals surface area (Å²) in [5.41, 5.74) is 1.07. The highest BCUT2D eigenvalue weighted by Gasteiger charge is 2.30. The molecule has 2 fully saturated rings. The second-order valence-corrected chi connectivity index (χ2v) is 7.78. The van der Waals surface area contributed by atoms with Gasteiger partial charge in [0, 0.05) is 35.0 Å². The molecular formula is C19H24BrN3. The van der Waals surface area contributed by atoms with Crippen molar-refractivity contribution in [3.63, 3.8) is 0 Å². The molecule has 4 heteroatoms. The van der Waals surface area contributed by atoms with E-state index in [-0.39, 0.29) is 0 Å². The lowest BCUT2D eigenvalue weighted by atomic mass is 10.0. The van der Waals surface area contributed by atoms with E-state index in [1.54, 1.807) is 0 Å². The largest absolute Gasteiger partial charge is 0.356 e. The first-order valence-electron chi connectivity index (χ1n) is 8.78. The molecule has 0 amide bonds. The van der Waals surface area contributed by atoms with Gasteiger partial charge >= 0.3 is 0 Å². The standard InChI is InChI=1S/C19H24BrN3/c1-14-4-3-11-23(14)16-9-12-22(13-10-16)18-8-7-15-5-2-6-17(20)19(15)21-18/h2,5-8,14,16H,3-4,9-13H2,1H3. The molecule has 122 valence electrons. The zero-order valence-electron chi connectivity index (χ0n) is 13.7. The van der Waals surface area contributed by atoms with Crippen LogP contribution in [-0.4, -0.2) is 41.6 Å². The number of benzene rings is 1. The normalized spacial score (nSPS) is 23.7. The van der Waals surface area contributed by atoms with E-state index in [2.05, 4.69) is 63.0 Å². The Morgan fingerprint density at radius 2 is 1.87 bits per heavy atom. The number of anilines is 1. The molecule has 1 aromatic carbocycles. The van der Waals surface area contributed by atoms with Crippen LogP contribution in [0.1, 0.15) is 32.6 Å². The Kier molecular flexibility index (Phi) is 4.29. The Hall–Kier alpha value is -1.13. The molecule has 0 saturated carbocycles. The number of hydrogen-bond donors (Lipinski definition) is 0. The van der Waals surface area contributed by atoms with Crippen molar-refractivity contribution in [2.45, 2.75) is 44.7 Å². The van der Waals surface area contributed by atoms with Gasteiger partial charge in [0.2, 0.25) is 0 Å². The third-order valence-corrected chi connectivity index (χ3v) is 6.16. The minimum absolute atomic E-state index is 0.774. The van der Waals surface area contributed by atoms with Crippen molar-refractivity contribution < 1.29 is 0 Å². The molecule has 4 rings (SSSR count). The van der Waals surface area contributed by atoms with Crippen molar-refractivity contribution in [1.82, 2.24) is 9.88 Å². The average Bonchev–Trinajstić information content (AvgIpc) is 3.01. The molecule has 23 heavy (non-hydrogen) atoms. The van der Waals surface area contributed by atoms with Crippen LogP contribution in [0.2, 0.25) is 0 Å². The Bertz CT molecular complexity index is 694. The van der Waals surface area contributed by atoms with Crippen LogP contribution in [-0.2, 0) is 0 Å². The molecule has 3 nitrogen and oxygen atoms in total. The molecule has 3 heterocycles. The van der Waals surface area contributed by atoms with Gasteiger partial charge in [0.05, 0.1) is 5.52 Å². The SMILES string of the molecule is CC1CCCN1C1CCN(c2ccc3cccc(Br)c3n2)CC1. The Morgan fingerprint density at radius 1 is 1.04 bits per heavy atom. The van der Waals surface area contributed by atoms with Crippen molar-refractivity contribution in [3.05, 3.63) is 34.8 Å². The summed E-state index contributed by atoms with van der Waals surface area (Å²) in [6.45, 7) is 5.93. The third-order valence-electron chi connectivity index (χ3n) is 5.52. The molecule has 0 radical (unpaired) electrons. The number of fused-ring (bicyclic) bond motifs is 1. The van der Waals surface area contributed by atoms with E-state index in [4.69, 9.17) is 4.98 Å². The quantitative estimate of drug-likeness (QED) is 0.774. The van der Waals surface area contributed by atoms with E-state index in [1.807, 2.05) is 0 Å². The number of rotatable bonds is 2. The Balaban J connectivity index is 1.49. The van der Waals surface area contributed by atoms with Gasteiger partial charge in [-0.25, -0.2) is 4.98 Å². The van der Waals surface area contributed by atoms with E-state index in [0.717, 1.165) is 41.0 Å². The first kappa shape index (κ1) is 15.4. The van der Waals surface area contributed by atoms with Gasteiger partial charge in [-0.3, -0.25) is 4.90 Å². The average molecular weight is 374 g/mol. The highest BCUT2D eigenvalue weighted by atomic mass is 79.9. The summed E-state index contributed by atoms with van der Waals surface area (Å²) in [5, 5.41) is 1.20. The van der Waals surface area contributed by atoms with Crippen LogP contribution in [0.15, 0.2) is 34.8 Å². The summed E-state index contributed by atoms with van der Waals surface area (Å²) in [4.78, 5) is 10.1. The highest BCUT2D eigenvalue weighted by molar-refractivity contribution is 9.10. The minimum Gasteiger partial charge on any atom is -0.356 e. The topological polar surface area (TPSA) is 19.4 Å². The number of likely N-dealkylation sites (tertiary alicyclic amines) is 1. The lowest BCUT2D eigenvalue weighted by Crippen LogP contribution is -2.46. The van der Waals surface area contributed by atoms with Crippen molar-refractivity contribution in [2.75, 3.05) is 24.5 Å². The maximum absolute atomic E-state index is 4.90. The smallest absolute Gasteiger partial charge is 0.129 e. The zero-order chi connectivity index (χ0) is 15.8. The number of piperidine rings is 1. The van der Waals surface area contributed by atoms with Gasteiger partial charge < -0.3 is 4.90 Å². The van der Waals surface area contributed by atoms with E-state index in [1.165, 1.54) is 37.6 Å². The van der Waals surface area contributed by atoms with E-state index in [9.17, 15) is 0 Å². The molecule has 0 bridgehead atoms. The molecule has 1 atom stereocenters. The van der Waals surface area contributed by atoms with E-state index in [0.29, 0.717) is 0 Å². The number of nitrogens with zero attached hydrogens (tertiary/aromatic N) is 3. The molecule has 0 N–H and O–H groups in total. The predicted octanol–water partition coefficient (Wildman–Crippen LogP) is 4.45. The Morgan fingerprint density at radius 3 is 2.61 bits per heavy atom. The zero-order valence-corrected chi connectivity index (χ0v) is 15.3. The van der Waals surface area contributed by atoms with Crippen molar-refractivity contribution in [3.8, 4) is 0 Å². The number of hydrogen-bond acceptors (Lipinski definition) is 3. The van der Waals surface area contributed by atoms with Gasteiger partial charge in [0.15, 0.2) is 0 Å². The van der Waals surface area contributed by atoms with E-state index < -0.39 is 0 Å². The lowest BCUT2D eigenvalue weighted by Gasteiger charge is -2.39. The number of pyridine rings is 1. The first-order valence-corrected chi connectivity index (χ1v) is 9.57. The third kappa shape index (κ3) is 2.99. The fourth-order valence-electron chi connectivity index (χ4n) is 4.20. The monoisotopic (exact) mass is 373 g/mol. The van der Waals surface area contributed by atoms with Crippen LogP contribution in [0.25, 0.3) is 10.9 Å². The molecule has 1 unspecified atom stereocenters. The molecule has 0 aliphatic carbocycles. The van der Waals surface area contributed by atoms with Gasteiger partial charge in [0.25, 0.3) is 0 Å². The van der Waals surface area contributed by atoms with Gasteiger partial charge in [-0.2, -0.15) is 0 Å². The van der Waals surface area contributed by atoms with Gasteiger partial charge in [-0.05, 0) is 73.3 Å². The maximum atomic E-state index is 4.90. The molecule has 1 aromatic heterocycles. The van der Waals surface area contributed by atoms with Gasteiger partial charge in [-0.15, -0.1) is 0 Å². The number of aromatic nitrogens is 1. The van der Waals surface area contributed by atoms with Crippen LogP contribution in [0, 0.1) is 0 Å². The summed E-state index contributed by atoms with van der Waals surface area (Å²) in [6.07, 6.45) is 5.28. The summed E-state index contributed by atoms with van der Waals surface area (Å²) in [6, 6.07) is 12.2. The van der Waals surface area contributed by atoms with Crippen LogP contribution < -0.4 is 4.90 Å². The molecular weight excluding hydrogens is 350 g/mol. The van der Waals surface area contributed by atoms with Crippen molar-refractivity contribution >= 4 is 32.7 Å². The van der Waals surface area contributed by atoms with E-state index >= 15 is 0 Å². The second kappa shape index (κ2) is 6.40. The fourth-order valence-corrected chi connectivity index (χ4v) is 4.67. The predicted molar refractivity (Wildman–Crippen MR) is 100 cm³/mol. The highest BCUT2D eigenvalue weighted by Crippen LogP contribution is 2.29. The maximum Gasteiger partial charge on any atom is 0.129 e. The van der Waals surface area contributed by atoms with Gasteiger partial charge in [-0.1, -0.05) is 12.1 Å². The second-order valence-electron chi connectivity index (χ2n) is 6.93. The molecule has 2 aromatic rings. The van der Waals surface area contributed by atoms with Crippen molar-refractivity contribution in [2.24, 2.45) is 0 Å². The number of halogens is 1. The van der Waals surface area contributed by atoms with Crippen LogP contribution >= 0.6 is 15.9 Å². The fraction of sp³-hybridized carbons (Fsp3) is 0.526. The molecule has 2 aliphatic heterocycles. The molecule has 2 saturated heterocycles. The summed E-state index contributed by atoms with van der Waals surface area (Å²) in [5.74, 6) is 1.12. The molecule has 2 aliphatic rings. The first-order chi connectivity index (χ1) is 11.2. The lowest BCUT2D eigenvalue weighted by molar-refractivity contribution is 0.163. The molecule has 0 spiro atoms. The summed E-state index contributed by atoms with van der Waals surface area (Å²) < 4.78 is 1.08. The number of para-hydroxylation sites is 1. The van der Waals surface area contributed by atoms with Crippen molar-refractivity contribution in [1.29, 1.82) is 0 Å². The minimum atomic E-state index is 0.774. The Labute approximate surface area is 146 Å². The summed E-state index contributed by atoms with van der Waals surface area (Å²) in [7, 11) is 0. The van der Waals surface area contributed by atoms with Crippen LogP contribution in [0.3, 0.4) is 0 Å². The summed E-state index contributed by atoms with van der Waals surface area (Å²) >= 11 is 3.63. The van der Waals surface area contributed by atoms with Crippen LogP contribution in [0.4, 0.5) is 5.82 Å². The van der Waals surface area contributed by atoms with Crippen LogP contribution in [0.5, 0.6) is 0 Å².